The highest BCUT2D eigenvalue weighted by atomic mass is 14.7. The van der Waals surface area contributed by atoms with E-state index in [9.17, 15) is 0 Å². The molecule has 0 saturated heterocycles. The molecule has 1 rings (SSSR count). The maximum atomic E-state index is 4.53. The SMILES string of the molecule is C=C(C)N=C(c1ccccc1C)C(C)C. The molecule has 1 aromatic carbocycles. The van der Waals surface area contributed by atoms with Crippen LogP contribution in [0.15, 0.2) is 41.5 Å². The molecular weight excluding hydrogens is 182 g/mol. The summed E-state index contributed by atoms with van der Waals surface area (Å²) in [7, 11) is 0. The summed E-state index contributed by atoms with van der Waals surface area (Å²) < 4.78 is 0. The van der Waals surface area contributed by atoms with Gasteiger partial charge in [-0.15, -0.1) is 0 Å². The highest BCUT2D eigenvalue weighted by molar-refractivity contribution is 6.03. The van der Waals surface area contributed by atoms with E-state index in [1.807, 2.05) is 6.92 Å². The summed E-state index contributed by atoms with van der Waals surface area (Å²) in [5, 5.41) is 0. The van der Waals surface area contributed by atoms with Crippen LogP contribution in [0, 0.1) is 12.8 Å². The first-order valence-corrected chi connectivity index (χ1v) is 5.32. The highest BCUT2D eigenvalue weighted by Gasteiger charge is 2.10. The number of aryl methyl sites for hydroxylation is 1. The quantitative estimate of drug-likeness (QED) is 0.656. The van der Waals surface area contributed by atoms with Gasteiger partial charge in [-0.05, 0) is 30.9 Å². The van der Waals surface area contributed by atoms with Gasteiger partial charge in [0, 0.05) is 5.70 Å². The van der Waals surface area contributed by atoms with Crippen LogP contribution in [0.5, 0.6) is 0 Å². The minimum Gasteiger partial charge on any atom is -0.258 e. The van der Waals surface area contributed by atoms with E-state index in [0.717, 1.165) is 11.4 Å². The predicted molar refractivity (Wildman–Crippen MR) is 67.4 cm³/mol. The van der Waals surface area contributed by atoms with E-state index in [1.165, 1.54) is 11.1 Å². The van der Waals surface area contributed by atoms with Gasteiger partial charge in [0.2, 0.25) is 0 Å². The highest BCUT2D eigenvalue weighted by Crippen LogP contribution is 2.15. The van der Waals surface area contributed by atoms with Gasteiger partial charge in [-0.25, -0.2) is 0 Å². The Labute approximate surface area is 92.6 Å². The van der Waals surface area contributed by atoms with Gasteiger partial charge in [-0.3, -0.25) is 4.99 Å². The topological polar surface area (TPSA) is 12.4 Å². The van der Waals surface area contributed by atoms with E-state index >= 15 is 0 Å². The van der Waals surface area contributed by atoms with Crippen molar-refractivity contribution in [3.8, 4) is 0 Å². The van der Waals surface area contributed by atoms with E-state index in [1.54, 1.807) is 0 Å². The third kappa shape index (κ3) is 3.05. The molecule has 0 spiro atoms. The first-order chi connectivity index (χ1) is 7.02. The van der Waals surface area contributed by atoms with E-state index in [0.29, 0.717) is 5.92 Å². The van der Waals surface area contributed by atoms with Crippen LogP contribution in [0.4, 0.5) is 0 Å². The number of hydrogen-bond acceptors (Lipinski definition) is 1. The summed E-state index contributed by atoms with van der Waals surface area (Å²) >= 11 is 0. The van der Waals surface area contributed by atoms with Crippen molar-refractivity contribution < 1.29 is 0 Å². The Morgan fingerprint density at radius 3 is 2.33 bits per heavy atom. The van der Waals surface area contributed by atoms with Gasteiger partial charge in [-0.2, -0.15) is 0 Å². The molecule has 15 heavy (non-hydrogen) atoms. The second-order valence-corrected chi connectivity index (χ2v) is 4.20. The van der Waals surface area contributed by atoms with Crippen LogP contribution in [0.2, 0.25) is 0 Å². The molecule has 0 unspecified atom stereocenters. The van der Waals surface area contributed by atoms with Gasteiger partial charge in [-0.1, -0.05) is 44.7 Å². The molecule has 80 valence electrons. The smallest absolute Gasteiger partial charge is 0.0506 e. The fourth-order valence-corrected chi connectivity index (χ4v) is 1.57. The molecule has 0 fully saturated rings. The van der Waals surface area contributed by atoms with Crippen molar-refractivity contribution in [3.05, 3.63) is 47.7 Å². The number of benzene rings is 1. The maximum absolute atomic E-state index is 4.53. The fraction of sp³-hybridized carbons (Fsp3) is 0.357. The lowest BCUT2D eigenvalue weighted by Gasteiger charge is -2.13. The van der Waals surface area contributed by atoms with Gasteiger partial charge in [0.1, 0.15) is 0 Å². The molecule has 0 bridgehead atoms. The standard InChI is InChI=1S/C14H19N/c1-10(2)14(15-11(3)4)13-9-7-6-8-12(13)5/h6-10H,3H2,1-2,4-5H3. The van der Waals surface area contributed by atoms with Crippen molar-refractivity contribution >= 4 is 5.71 Å². The van der Waals surface area contributed by atoms with Crippen molar-refractivity contribution in [3.63, 3.8) is 0 Å². The van der Waals surface area contributed by atoms with Crippen molar-refractivity contribution in [2.45, 2.75) is 27.7 Å². The number of nitrogens with zero attached hydrogens (tertiary/aromatic N) is 1. The molecule has 0 N–H and O–H groups in total. The molecule has 0 amide bonds. The Morgan fingerprint density at radius 1 is 1.27 bits per heavy atom. The second-order valence-electron chi connectivity index (χ2n) is 4.20. The minimum atomic E-state index is 0.419. The summed E-state index contributed by atoms with van der Waals surface area (Å²) in [5.74, 6) is 0.419. The second kappa shape index (κ2) is 4.92. The lowest BCUT2D eigenvalue weighted by Crippen LogP contribution is -2.11. The zero-order valence-corrected chi connectivity index (χ0v) is 10.0. The molecule has 1 aromatic rings. The van der Waals surface area contributed by atoms with Crippen LogP contribution in [0.3, 0.4) is 0 Å². The third-order valence-corrected chi connectivity index (χ3v) is 2.28. The lowest BCUT2D eigenvalue weighted by molar-refractivity contribution is 0.880. The summed E-state index contributed by atoms with van der Waals surface area (Å²) in [4.78, 5) is 4.53. The van der Waals surface area contributed by atoms with Crippen LogP contribution < -0.4 is 0 Å². The molecule has 0 aliphatic carbocycles. The summed E-state index contributed by atoms with van der Waals surface area (Å²) in [6.45, 7) is 12.2. The maximum Gasteiger partial charge on any atom is 0.0506 e. The van der Waals surface area contributed by atoms with E-state index in [2.05, 4.69) is 56.6 Å². The zero-order valence-electron chi connectivity index (χ0n) is 10.0. The van der Waals surface area contributed by atoms with Gasteiger partial charge >= 0.3 is 0 Å². The van der Waals surface area contributed by atoms with E-state index in [-0.39, 0.29) is 0 Å². The summed E-state index contributed by atoms with van der Waals surface area (Å²) in [5.41, 5.74) is 4.49. The van der Waals surface area contributed by atoms with Crippen LogP contribution in [-0.2, 0) is 0 Å². The van der Waals surface area contributed by atoms with E-state index < -0.39 is 0 Å². The van der Waals surface area contributed by atoms with Crippen LogP contribution in [0.25, 0.3) is 0 Å². The Morgan fingerprint density at radius 2 is 1.87 bits per heavy atom. The number of hydrogen-bond donors (Lipinski definition) is 0. The van der Waals surface area contributed by atoms with Crippen LogP contribution >= 0.6 is 0 Å². The summed E-state index contributed by atoms with van der Waals surface area (Å²) in [6, 6.07) is 8.35. The number of allylic oxidation sites excluding steroid dienone is 1. The Kier molecular flexibility index (Phi) is 3.84. The summed E-state index contributed by atoms with van der Waals surface area (Å²) in [6.07, 6.45) is 0. The van der Waals surface area contributed by atoms with Gasteiger partial charge in [0.05, 0.1) is 5.71 Å². The fourth-order valence-electron chi connectivity index (χ4n) is 1.57. The van der Waals surface area contributed by atoms with Crippen LogP contribution in [0.1, 0.15) is 31.9 Å². The normalized spacial score (nSPS) is 11.9. The van der Waals surface area contributed by atoms with Gasteiger partial charge in [0.25, 0.3) is 0 Å². The lowest BCUT2D eigenvalue weighted by atomic mass is 9.96. The molecule has 0 aliphatic heterocycles. The van der Waals surface area contributed by atoms with Crippen LogP contribution in [-0.4, -0.2) is 5.71 Å². The monoisotopic (exact) mass is 201 g/mol. The molecule has 1 nitrogen and oxygen atoms in total. The first-order valence-electron chi connectivity index (χ1n) is 5.32. The van der Waals surface area contributed by atoms with Gasteiger partial charge < -0.3 is 0 Å². The Balaban J connectivity index is 3.22. The average molecular weight is 201 g/mol. The van der Waals surface area contributed by atoms with Crippen molar-refractivity contribution in [2.75, 3.05) is 0 Å². The van der Waals surface area contributed by atoms with Gasteiger partial charge in [0.15, 0.2) is 0 Å². The third-order valence-electron chi connectivity index (χ3n) is 2.28. The Bertz CT molecular complexity index is 386. The molecule has 1 heteroatoms. The average Bonchev–Trinajstić information content (AvgIpc) is 2.15. The molecular formula is C14H19N. The predicted octanol–water partition coefficient (Wildman–Crippen LogP) is 3.97. The molecule has 0 saturated carbocycles. The molecule has 0 aromatic heterocycles. The molecule has 0 aliphatic rings. The van der Waals surface area contributed by atoms with Crippen molar-refractivity contribution in [1.29, 1.82) is 0 Å². The minimum absolute atomic E-state index is 0.419. The van der Waals surface area contributed by atoms with Crippen molar-refractivity contribution in [1.82, 2.24) is 0 Å². The molecule has 0 atom stereocenters. The largest absolute Gasteiger partial charge is 0.258 e. The number of aliphatic imine (C=N–C) groups is 1. The Hall–Kier alpha value is -1.37. The van der Waals surface area contributed by atoms with E-state index in [4.69, 9.17) is 0 Å². The number of rotatable bonds is 3. The molecule has 0 radical (unpaired) electrons. The first kappa shape index (κ1) is 11.7. The zero-order chi connectivity index (χ0) is 11.4. The molecule has 0 heterocycles. The van der Waals surface area contributed by atoms with Crippen molar-refractivity contribution in [2.24, 2.45) is 10.9 Å².